The number of aliphatic carboxylic acids is 1. The van der Waals surface area contributed by atoms with E-state index in [4.69, 9.17) is 21.4 Å². The lowest BCUT2D eigenvalue weighted by atomic mass is 9.87. The van der Waals surface area contributed by atoms with Crippen LogP contribution in [-0.2, 0) is 33.6 Å². The van der Waals surface area contributed by atoms with E-state index in [-0.39, 0.29) is 48.6 Å². The predicted molar refractivity (Wildman–Crippen MR) is 107 cm³/mol. The lowest BCUT2D eigenvalue weighted by Crippen LogP contribution is -2.32. The first-order valence-electron chi connectivity index (χ1n) is 9.68. The first-order chi connectivity index (χ1) is 16.0. The van der Waals surface area contributed by atoms with Crippen LogP contribution in [0.15, 0.2) is 29.2 Å². The highest BCUT2D eigenvalue weighted by atomic mass is 35.5. The normalized spacial score (nSPS) is 16.6. The highest BCUT2D eigenvalue weighted by Gasteiger charge is 2.39. The molecule has 2 N–H and O–H groups in total. The number of nitrogens with one attached hydrogen (secondary N) is 1. The highest BCUT2D eigenvalue weighted by Crippen LogP contribution is 2.42. The largest absolute Gasteiger partial charge is 0.479 e. The molecule has 0 radical (unpaired) electrons. The third kappa shape index (κ3) is 5.98. The highest BCUT2D eigenvalue weighted by molar-refractivity contribution is 7.89. The second kappa shape index (κ2) is 9.47. The van der Waals surface area contributed by atoms with Crippen LogP contribution in [0.2, 0.25) is 5.02 Å². The third-order valence-corrected chi connectivity index (χ3v) is 6.84. The molecule has 1 unspecified atom stereocenters. The molecular weight excluding hydrogens is 535 g/mol. The minimum Gasteiger partial charge on any atom is -0.479 e. The standard InChI is InChI=1S/C20H15ClF7NO5S/c21-14-7-13-12(18(17(14)22)34-8-16(30)31)2-1-3-15(13)29-35(32,33)11-5-9(19(23,24)25)4-10(6-11)20(26,27)28/h4-7,15,29H,1-3,8H2,(H,30,31). The fraction of sp³-hybridized carbons (Fsp3) is 0.350. The Morgan fingerprint density at radius 3 is 2.17 bits per heavy atom. The summed E-state index contributed by atoms with van der Waals surface area (Å²) in [5, 5.41) is 8.25. The Morgan fingerprint density at radius 1 is 1.09 bits per heavy atom. The van der Waals surface area contributed by atoms with Crippen molar-refractivity contribution in [1.82, 2.24) is 4.72 Å². The van der Waals surface area contributed by atoms with E-state index in [0.717, 1.165) is 6.07 Å². The van der Waals surface area contributed by atoms with Gasteiger partial charge in [-0.3, -0.25) is 0 Å². The molecule has 1 atom stereocenters. The third-order valence-electron chi connectivity index (χ3n) is 5.12. The van der Waals surface area contributed by atoms with E-state index >= 15 is 0 Å². The summed E-state index contributed by atoms with van der Waals surface area (Å²) in [6.45, 7) is -0.940. The maximum Gasteiger partial charge on any atom is 0.416 e. The maximum absolute atomic E-state index is 14.5. The second-order valence-corrected chi connectivity index (χ2v) is 9.68. The summed E-state index contributed by atoms with van der Waals surface area (Å²) in [7, 11) is -4.95. The van der Waals surface area contributed by atoms with Crippen LogP contribution in [0, 0.1) is 5.82 Å². The van der Waals surface area contributed by atoms with Crippen LogP contribution in [0.5, 0.6) is 5.75 Å². The number of ether oxygens (including phenoxy) is 1. The van der Waals surface area contributed by atoms with Crippen LogP contribution in [0.25, 0.3) is 0 Å². The zero-order chi connectivity index (χ0) is 26.3. The number of hydrogen-bond donors (Lipinski definition) is 2. The maximum atomic E-state index is 14.5. The second-order valence-electron chi connectivity index (χ2n) is 7.56. The van der Waals surface area contributed by atoms with E-state index in [1.807, 2.05) is 4.72 Å². The molecular formula is C20H15ClF7NO5S. The van der Waals surface area contributed by atoms with Crippen molar-refractivity contribution in [2.24, 2.45) is 0 Å². The van der Waals surface area contributed by atoms with E-state index in [0.29, 0.717) is 0 Å². The smallest absolute Gasteiger partial charge is 0.416 e. The van der Waals surface area contributed by atoms with Gasteiger partial charge in [-0.1, -0.05) is 11.6 Å². The minimum atomic E-state index is -5.26. The van der Waals surface area contributed by atoms with E-state index in [1.54, 1.807) is 0 Å². The predicted octanol–water partition coefficient (Wildman–Crippen LogP) is 5.34. The minimum absolute atomic E-state index is 0.0393. The molecule has 0 bridgehead atoms. The molecule has 0 heterocycles. The molecule has 0 saturated carbocycles. The Morgan fingerprint density at radius 2 is 1.66 bits per heavy atom. The molecule has 6 nitrogen and oxygen atoms in total. The first-order valence-corrected chi connectivity index (χ1v) is 11.5. The number of hydrogen-bond acceptors (Lipinski definition) is 4. The topological polar surface area (TPSA) is 92.7 Å². The van der Waals surface area contributed by atoms with Gasteiger partial charge in [-0.25, -0.2) is 22.3 Å². The number of sulfonamides is 1. The SMILES string of the molecule is O=C(O)COc1c(F)c(Cl)cc2c1CCCC2NS(=O)(=O)c1cc(C(F)(F)F)cc(C(F)(F)F)c1. The van der Waals surface area contributed by atoms with Gasteiger partial charge in [0.15, 0.2) is 18.2 Å². The molecule has 0 saturated heterocycles. The molecule has 0 fully saturated rings. The Balaban J connectivity index is 2.06. The zero-order valence-corrected chi connectivity index (χ0v) is 18.8. The van der Waals surface area contributed by atoms with Gasteiger partial charge in [0.05, 0.1) is 21.0 Å². The number of carboxylic acids is 1. The van der Waals surface area contributed by atoms with Gasteiger partial charge in [-0.2, -0.15) is 26.3 Å². The van der Waals surface area contributed by atoms with Crippen molar-refractivity contribution < 1.29 is 53.8 Å². The number of benzene rings is 2. The molecule has 0 aromatic heterocycles. The van der Waals surface area contributed by atoms with Gasteiger partial charge in [0.2, 0.25) is 10.0 Å². The molecule has 35 heavy (non-hydrogen) atoms. The van der Waals surface area contributed by atoms with Crippen molar-refractivity contribution in [3.63, 3.8) is 0 Å². The summed E-state index contributed by atoms with van der Waals surface area (Å²) in [5.74, 6) is -3.06. The molecule has 192 valence electrons. The van der Waals surface area contributed by atoms with Crippen molar-refractivity contribution in [3.8, 4) is 5.75 Å². The van der Waals surface area contributed by atoms with Crippen LogP contribution >= 0.6 is 11.6 Å². The molecule has 3 rings (SSSR count). The molecule has 0 spiro atoms. The van der Waals surface area contributed by atoms with Gasteiger partial charge < -0.3 is 9.84 Å². The Hall–Kier alpha value is -2.58. The number of rotatable bonds is 6. The van der Waals surface area contributed by atoms with Crippen molar-refractivity contribution in [2.75, 3.05) is 6.61 Å². The van der Waals surface area contributed by atoms with Gasteiger partial charge in [0.1, 0.15) is 0 Å². The quantitative estimate of drug-likeness (QED) is 0.475. The van der Waals surface area contributed by atoms with Gasteiger partial charge in [0.25, 0.3) is 0 Å². The fourth-order valence-electron chi connectivity index (χ4n) is 3.61. The van der Waals surface area contributed by atoms with Crippen molar-refractivity contribution in [3.05, 3.63) is 57.4 Å². The summed E-state index contributed by atoms with van der Waals surface area (Å²) >= 11 is 5.83. The number of fused-ring (bicyclic) bond motifs is 1. The van der Waals surface area contributed by atoms with Crippen LogP contribution in [0.1, 0.15) is 41.1 Å². The van der Waals surface area contributed by atoms with E-state index < -0.39 is 73.6 Å². The molecule has 0 aliphatic heterocycles. The number of carboxylic acid groups (broad SMARTS) is 1. The molecule has 0 amide bonds. The van der Waals surface area contributed by atoms with Gasteiger partial charge in [0, 0.05) is 11.6 Å². The fourth-order valence-corrected chi connectivity index (χ4v) is 5.13. The van der Waals surface area contributed by atoms with E-state index in [1.165, 1.54) is 0 Å². The Labute approximate surface area is 198 Å². The van der Waals surface area contributed by atoms with Crippen molar-refractivity contribution >= 4 is 27.6 Å². The average Bonchev–Trinajstić information content (AvgIpc) is 2.73. The monoisotopic (exact) mass is 549 g/mol. The number of alkyl halides is 6. The van der Waals surface area contributed by atoms with Crippen molar-refractivity contribution in [2.45, 2.75) is 42.6 Å². The van der Waals surface area contributed by atoms with E-state index in [2.05, 4.69) is 0 Å². The average molecular weight is 550 g/mol. The number of carbonyl (C=O) groups is 1. The van der Waals surface area contributed by atoms with Crippen LogP contribution in [-0.4, -0.2) is 26.1 Å². The Kier molecular flexibility index (Phi) is 7.31. The first kappa shape index (κ1) is 27.0. The van der Waals surface area contributed by atoms with Gasteiger partial charge in [-0.05, 0) is 49.1 Å². The summed E-state index contributed by atoms with van der Waals surface area (Å²) < 4.78 is 126. The summed E-state index contributed by atoms with van der Waals surface area (Å²) in [4.78, 5) is 9.53. The zero-order valence-electron chi connectivity index (χ0n) is 17.2. The Bertz CT molecular complexity index is 1230. The molecule has 1 aliphatic carbocycles. The summed E-state index contributed by atoms with van der Waals surface area (Å²) in [6.07, 6.45) is -10.1. The van der Waals surface area contributed by atoms with Gasteiger partial charge >= 0.3 is 18.3 Å². The van der Waals surface area contributed by atoms with Crippen molar-refractivity contribution in [1.29, 1.82) is 0 Å². The van der Waals surface area contributed by atoms with E-state index in [9.17, 15) is 43.9 Å². The van der Waals surface area contributed by atoms with Crippen LogP contribution < -0.4 is 9.46 Å². The lowest BCUT2D eigenvalue weighted by Gasteiger charge is -2.28. The molecule has 2 aromatic carbocycles. The van der Waals surface area contributed by atoms with Crippen LogP contribution in [0.4, 0.5) is 30.7 Å². The summed E-state index contributed by atoms with van der Waals surface area (Å²) in [6, 6.07) is -0.248. The lowest BCUT2D eigenvalue weighted by molar-refractivity contribution is -0.143. The summed E-state index contributed by atoms with van der Waals surface area (Å²) in [5.41, 5.74) is -3.50. The molecule has 15 heteroatoms. The van der Waals surface area contributed by atoms with Gasteiger partial charge in [-0.15, -0.1) is 0 Å². The molecule has 1 aliphatic rings. The number of halogens is 8. The van der Waals surface area contributed by atoms with Crippen LogP contribution in [0.3, 0.4) is 0 Å². The molecule has 2 aromatic rings.